The zero-order valence-electron chi connectivity index (χ0n) is 11.0. The van der Waals surface area contributed by atoms with E-state index in [0.717, 1.165) is 11.3 Å². The van der Waals surface area contributed by atoms with Crippen molar-refractivity contribution in [2.24, 2.45) is 0 Å². The Morgan fingerprint density at radius 1 is 1.00 bits per heavy atom. The lowest BCUT2D eigenvalue weighted by molar-refractivity contribution is -0.113. The highest BCUT2D eigenvalue weighted by atomic mass is 16.2. The van der Waals surface area contributed by atoms with Gasteiger partial charge in [0.15, 0.2) is 0 Å². The van der Waals surface area contributed by atoms with Crippen molar-refractivity contribution in [2.75, 3.05) is 11.4 Å². The van der Waals surface area contributed by atoms with Crippen LogP contribution in [0.1, 0.15) is 12.5 Å². The van der Waals surface area contributed by atoms with Crippen LogP contribution < -0.4 is 4.90 Å². The molecular formula is C17H17NO. The largest absolute Gasteiger partial charge is 0.309 e. The predicted molar refractivity (Wildman–Crippen MR) is 79.9 cm³/mol. The summed E-state index contributed by atoms with van der Waals surface area (Å²) >= 11 is 0. The first-order valence-corrected chi connectivity index (χ1v) is 6.35. The summed E-state index contributed by atoms with van der Waals surface area (Å²) in [5.41, 5.74) is 2.28. The fraction of sp³-hybridized carbons (Fsp3) is 0.118. The van der Waals surface area contributed by atoms with Gasteiger partial charge >= 0.3 is 0 Å². The molecule has 0 aliphatic carbocycles. The molecular weight excluding hydrogens is 234 g/mol. The number of rotatable bonds is 4. The second-order valence-electron chi connectivity index (χ2n) is 4.23. The number of hydrogen-bond acceptors (Lipinski definition) is 1. The summed E-state index contributed by atoms with van der Waals surface area (Å²) in [6.07, 6.45) is 0. The third-order valence-corrected chi connectivity index (χ3v) is 3.01. The predicted octanol–water partition coefficient (Wildman–Crippen LogP) is 3.75. The molecule has 0 atom stereocenters. The second-order valence-corrected chi connectivity index (χ2v) is 4.23. The Morgan fingerprint density at radius 3 is 2.05 bits per heavy atom. The molecule has 0 saturated heterocycles. The van der Waals surface area contributed by atoms with Crippen molar-refractivity contribution >= 4 is 17.2 Å². The molecule has 2 rings (SSSR count). The minimum absolute atomic E-state index is 0.0556. The van der Waals surface area contributed by atoms with Crippen LogP contribution in [-0.4, -0.2) is 12.5 Å². The lowest BCUT2D eigenvalue weighted by Crippen LogP contribution is -2.31. The van der Waals surface area contributed by atoms with Gasteiger partial charge in [0.2, 0.25) is 0 Å². The SMILES string of the molecule is C=C(C(=O)N(CC)c1ccccc1)c1ccccc1. The first-order valence-electron chi connectivity index (χ1n) is 6.35. The Labute approximate surface area is 114 Å². The number of benzene rings is 2. The molecule has 2 heteroatoms. The maximum Gasteiger partial charge on any atom is 0.258 e. The smallest absolute Gasteiger partial charge is 0.258 e. The van der Waals surface area contributed by atoms with E-state index in [1.165, 1.54) is 0 Å². The Morgan fingerprint density at radius 2 is 1.53 bits per heavy atom. The minimum atomic E-state index is -0.0556. The van der Waals surface area contributed by atoms with E-state index >= 15 is 0 Å². The van der Waals surface area contributed by atoms with E-state index in [1.54, 1.807) is 4.90 Å². The fourth-order valence-corrected chi connectivity index (χ4v) is 1.98. The summed E-state index contributed by atoms with van der Waals surface area (Å²) in [7, 11) is 0. The van der Waals surface area contributed by atoms with Crippen molar-refractivity contribution in [3.05, 3.63) is 72.8 Å². The molecule has 0 N–H and O–H groups in total. The Hall–Kier alpha value is -2.35. The van der Waals surface area contributed by atoms with Crippen LogP contribution >= 0.6 is 0 Å². The average Bonchev–Trinajstić information content (AvgIpc) is 2.49. The van der Waals surface area contributed by atoms with Crippen molar-refractivity contribution in [1.82, 2.24) is 0 Å². The molecule has 0 aromatic heterocycles. The number of amides is 1. The van der Waals surface area contributed by atoms with Crippen LogP contribution in [0, 0.1) is 0 Å². The number of carbonyl (C=O) groups is 1. The van der Waals surface area contributed by atoms with Crippen molar-refractivity contribution in [3.63, 3.8) is 0 Å². The van der Waals surface area contributed by atoms with Gasteiger partial charge in [-0.05, 0) is 24.6 Å². The highest BCUT2D eigenvalue weighted by Gasteiger charge is 2.17. The maximum atomic E-state index is 12.5. The molecule has 0 spiro atoms. The van der Waals surface area contributed by atoms with Gasteiger partial charge in [0, 0.05) is 17.8 Å². The monoisotopic (exact) mass is 251 g/mol. The molecule has 2 aromatic rings. The summed E-state index contributed by atoms with van der Waals surface area (Å²) in [4.78, 5) is 14.2. The molecule has 0 saturated carbocycles. The van der Waals surface area contributed by atoms with Crippen LogP contribution in [0.5, 0.6) is 0 Å². The Balaban J connectivity index is 2.25. The lowest BCUT2D eigenvalue weighted by Gasteiger charge is -2.22. The molecule has 1 amide bonds. The molecule has 0 aliphatic rings. The van der Waals surface area contributed by atoms with Gasteiger partial charge in [-0.2, -0.15) is 0 Å². The van der Waals surface area contributed by atoms with Gasteiger partial charge < -0.3 is 4.90 Å². The first kappa shape index (κ1) is 13.1. The number of anilines is 1. The van der Waals surface area contributed by atoms with Gasteiger partial charge in [0.1, 0.15) is 0 Å². The van der Waals surface area contributed by atoms with E-state index < -0.39 is 0 Å². The van der Waals surface area contributed by atoms with Gasteiger partial charge in [-0.1, -0.05) is 55.1 Å². The Kier molecular flexibility index (Phi) is 4.14. The second kappa shape index (κ2) is 6.01. The van der Waals surface area contributed by atoms with Gasteiger partial charge in [-0.3, -0.25) is 4.79 Å². The van der Waals surface area contributed by atoms with Crippen molar-refractivity contribution in [2.45, 2.75) is 6.92 Å². The molecule has 0 heterocycles. The normalized spacial score (nSPS) is 9.95. The molecule has 0 bridgehead atoms. The fourth-order valence-electron chi connectivity index (χ4n) is 1.98. The highest BCUT2D eigenvalue weighted by Crippen LogP contribution is 2.20. The van der Waals surface area contributed by atoms with Gasteiger partial charge in [-0.25, -0.2) is 0 Å². The van der Waals surface area contributed by atoms with E-state index in [1.807, 2.05) is 67.6 Å². The highest BCUT2D eigenvalue weighted by molar-refractivity contribution is 6.25. The number of nitrogens with zero attached hydrogens (tertiary/aromatic N) is 1. The number of hydrogen-bond donors (Lipinski definition) is 0. The van der Waals surface area contributed by atoms with Crippen molar-refractivity contribution in [3.8, 4) is 0 Å². The van der Waals surface area contributed by atoms with Gasteiger partial charge in [0.25, 0.3) is 5.91 Å². The number of likely N-dealkylation sites (N-methyl/N-ethyl adjacent to an activating group) is 1. The van der Waals surface area contributed by atoms with E-state index in [0.29, 0.717) is 12.1 Å². The topological polar surface area (TPSA) is 20.3 Å². The van der Waals surface area contributed by atoms with Crippen LogP contribution in [0.2, 0.25) is 0 Å². The van der Waals surface area contributed by atoms with E-state index in [4.69, 9.17) is 0 Å². The van der Waals surface area contributed by atoms with Crippen molar-refractivity contribution in [1.29, 1.82) is 0 Å². The van der Waals surface area contributed by atoms with E-state index in [-0.39, 0.29) is 5.91 Å². The molecule has 2 nitrogen and oxygen atoms in total. The molecule has 96 valence electrons. The summed E-state index contributed by atoms with van der Waals surface area (Å²) in [5.74, 6) is -0.0556. The Bertz CT molecular complexity index is 560. The molecule has 0 radical (unpaired) electrons. The lowest BCUT2D eigenvalue weighted by atomic mass is 10.1. The zero-order chi connectivity index (χ0) is 13.7. The third kappa shape index (κ3) is 2.91. The maximum absolute atomic E-state index is 12.5. The summed E-state index contributed by atoms with van der Waals surface area (Å²) in [5, 5.41) is 0. The minimum Gasteiger partial charge on any atom is -0.309 e. The van der Waals surface area contributed by atoms with E-state index in [2.05, 4.69) is 6.58 Å². The van der Waals surface area contributed by atoms with Gasteiger partial charge in [-0.15, -0.1) is 0 Å². The molecule has 0 unspecified atom stereocenters. The summed E-state index contributed by atoms with van der Waals surface area (Å²) < 4.78 is 0. The van der Waals surface area contributed by atoms with E-state index in [9.17, 15) is 4.79 Å². The summed E-state index contributed by atoms with van der Waals surface area (Å²) in [6, 6.07) is 19.2. The molecule has 0 aliphatic heterocycles. The third-order valence-electron chi connectivity index (χ3n) is 3.01. The molecule has 19 heavy (non-hydrogen) atoms. The van der Waals surface area contributed by atoms with Crippen molar-refractivity contribution < 1.29 is 4.79 Å². The van der Waals surface area contributed by atoms with Crippen LogP contribution in [0.3, 0.4) is 0 Å². The molecule has 0 fully saturated rings. The quantitative estimate of drug-likeness (QED) is 0.758. The van der Waals surface area contributed by atoms with Crippen LogP contribution in [0.4, 0.5) is 5.69 Å². The molecule has 2 aromatic carbocycles. The van der Waals surface area contributed by atoms with Crippen LogP contribution in [0.15, 0.2) is 67.2 Å². The number of para-hydroxylation sites is 1. The van der Waals surface area contributed by atoms with Gasteiger partial charge in [0.05, 0.1) is 0 Å². The first-order chi connectivity index (χ1) is 9.24. The summed E-state index contributed by atoms with van der Waals surface area (Å²) in [6.45, 7) is 6.51. The zero-order valence-corrected chi connectivity index (χ0v) is 11.0. The average molecular weight is 251 g/mol. The number of carbonyl (C=O) groups excluding carboxylic acids is 1. The van der Waals surface area contributed by atoms with Crippen LogP contribution in [-0.2, 0) is 4.79 Å². The standard InChI is InChI=1S/C17H17NO/c1-3-18(16-12-8-5-9-13-16)17(19)14(2)15-10-6-4-7-11-15/h4-13H,2-3H2,1H3. The van der Waals surface area contributed by atoms with Crippen LogP contribution in [0.25, 0.3) is 5.57 Å².